The van der Waals surface area contributed by atoms with Gasteiger partial charge in [-0.15, -0.1) is 0 Å². The van der Waals surface area contributed by atoms with E-state index < -0.39 is 26.2 Å². The lowest BCUT2D eigenvalue weighted by atomic mass is 9.77. The predicted octanol–water partition coefficient (Wildman–Crippen LogP) is 5.04. The van der Waals surface area contributed by atoms with Gasteiger partial charge in [-0.1, -0.05) is 11.6 Å². The molecule has 2 aromatic carbocycles. The zero-order valence-electron chi connectivity index (χ0n) is 16.0. The zero-order valence-corrected chi connectivity index (χ0v) is 17.5. The first kappa shape index (κ1) is 21.2. The molecular formula is C21H24ClF2NO2S. The SMILES string of the molecule is CN(C)CC1CCC(c2cc(F)ccc2F)(S(=O)(=O)c2ccc(Cl)cc2)CC1. The molecule has 0 aliphatic heterocycles. The molecule has 0 spiro atoms. The van der Waals surface area contributed by atoms with Crippen LogP contribution in [0.4, 0.5) is 8.78 Å². The monoisotopic (exact) mass is 427 g/mol. The van der Waals surface area contributed by atoms with Crippen molar-refractivity contribution in [2.45, 2.75) is 35.3 Å². The number of halogens is 3. The van der Waals surface area contributed by atoms with E-state index in [4.69, 9.17) is 11.6 Å². The van der Waals surface area contributed by atoms with Crippen LogP contribution in [0.15, 0.2) is 47.4 Å². The van der Waals surface area contributed by atoms with Crippen molar-refractivity contribution < 1.29 is 17.2 Å². The highest BCUT2D eigenvalue weighted by molar-refractivity contribution is 7.92. The molecule has 0 saturated heterocycles. The lowest BCUT2D eigenvalue weighted by Crippen LogP contribution is -2.42. The highest BCUT2D eigenvalue weighted by Crippen LogP contribution is 2.49. The van der Waals surface area contributed by atoms with Gasteiger partial charge in [-0.2, -0.15) is 0 Å². The zero-order chi connectivity index (χ0) is 20.5. The normalized spacial score (nSPS) is 23.1. The molecular weight excluding hydrogens is 404 g/mol. The summed E-state index contributed by atoms with van der Waals surface area (Å²) in [6.45, 7) is 0.836. The number of rotatable bonds is 5. The molecule has 0 radical (unpaired) electrons. The van der Waals surface area contributed by atoms with Crippen molar-refractivity contribution in [3.63, 3.8) is 0 Å². The maximum Gasteiger partial charge on any atom is 0.188 e. The number of hydrogen-bond acceptors (Lipinski definition) is 3. The summed E-state index contributed by atoms with van der Waals surface area (Å²) in [4.78, 5) is 2.14. The number of benzene rings is 2. The van der Waals surface area contributed by atoms with Crippen LogP contribution in [0, 0.1) is 17.6 Å². The van der Waals surface area contributed by atoms with Gasteiger partial charge in [-0.05, 0) is 88.2 Å². The Morgan fingerprint density at radius 2 is 1.68 bits per heavy atom. The van der Waals surface area contributed by atoms with E-state index in [-0.39, 0.29) is 23.3 Å². The Hall–Kier alpha value is -1.50. The molecule has 3 nitrogen and oxygen atoms in total. The van der Waals surface area contributed by atoms with E-state index in [0.717, 1.165) is 24.7 Å². The fourth-order valence-electron chi connectivity index (χ4n) is 4.21. The van der Waals surface area contributed by atoms with Crippen LogP contribution in [0.2, 0.25) is 5.02 Å². The standard InChI is InChI=1S/C21H24ClF2NO2S/c1-25(2)14-15-9-11-21(12-10-15,19-13-17(23)5-8-20(19)24)28(26,27)18-6-3-16(22)4-7-18/h3-8,13,15H,9-12,14H2,1-2H3. The molecule has 0 unspecified atom stereocenters. The summed E-state index contributed by atoms with van der Waals surface area (Å²) in [5, 5.41) is 0.416. The molecule has 0 aromatic heterocycles. The first-order valence-corrected chi connectivity index (χ1v) is 11.1. The van der Waals surface area contributed by atoms with Crippen LogP contribution in [0.3, 0.4) is 0 Å². The van der Waals surface area contributed by atoms with Crippen molar-refractivity contribution in [2.24, 2.45) is 5.92 Å². The van der Waals surface area contributed by atoms with Gasteiger partial charge in [-0.25, -0.2) is 17.2 Å². The Morgan fingerprint density at radius 3 is 2.25 bits per heavy atom. The van der Waals surface area contributed by atoms with E-state index in [2.05, 4.69) is 4.90 Å². The average molecular weight is 428 g/mol. The third-order valence-electron chi connectivity index (χ3n) is 5.59. The summed E-state index contributed by atoms with van der Waals surface area (Å²) in [5.74, 6) is -1.01. The third-order valence-corrected chi connectivity index (χ3v) is 8.40. The highest BCUT2D eigenvalue weighted by atomic mass is 35.5. The van der Waals surface area contributed by atoms with E-state index in [1.807, 2.05) is 14.1 Å². The van der Waals surface area contributed by atoms with Gasteiger partial charge < -0.3 is 4.90 Å². The van der Waals surface area contributed by atoms with Crippen molar-refractivity contribution in [1.82, 2.24) is 4.90 Å². The summed E-state index contributed by atoms with van der Waals surface area (Å²) in [6, 6.07) is 8.93. The molecule has 28 heavy (non-hydrogen) atoms. The second-order valence-electron chi connectivity index (χ2n) is 7.78. The molecule has 1 fully saturated rings. The van der Waals surface area contributed by atoms with Crippen LogP contribution in [0.1, 0.15) is 31.2 Å². The first-order chi connectivity index (χ1) is 13.2. The minimum atomic E-state index is -3.96. The number of nitrogens with zero attached hydrogens (tertiary/aromatic N) is 1. The Morgan fingerprint density at radius 1 is 1.07 bits per heavy atom. The van der Waals surface area contributed by atoms with E-state index >= 15 is 0 Å². The van der Waals surface area contributed by atoms with Gasteiger partial charge in [-0.3, -0.25) is 0 Å². The lowest BCUT2D eigenvalue weighted by molar-refractivity contribution is 0.230. The molecule has 1 aliphatic rings. The Bertz CT molecular complexity index is 937. The molecule has 2 aromatic rings. The molecule has 1 saturated carbocycles. The molecule has 152 valence electrons. The smallest absolute Gasteiger partial charge is 0.188 e. The van der Waals surface area contributed by atoms with E-state index in [1.54, 1.807) is 0 Å². The average Bonchev–Trinajstić information content (AvgIpc) is 2.64. The summed E-state index contributed by atoms with van der Waals surface area (Å²) in [7, 11) is -0.0220. The lowest BCUT2D eigenvalue weighted by Gasteiger charge is -2.40. The van der Waals surface area contributed by atoms with E-state index in [0.29, 0.717) is 23.8 Å². The van der Waals surface area contributed by atoms with Gasteiger partial charge in [0.25, 0.3) is 0 Å². The summed E-state index contributed by atoms with van der Waals surface area (Å²) in [5.41, 5.74) is -0.0780. The molecule has 0 atom stereocenters. The van der Waals surface area contributed by atoms with Gasteiger partial charge in [0.1, 0.15) is 16.4 Å². The topological polar surface area (TPSA) is 37.4 Å². The van der Waals surface area contributed by atoms with Crippen molar-refractivity contribution >= 4 is 21.4 Å². The van der Waals surface area contributed by atoms with Gasteiger partial charge in [0.2, 0.25) is 0 Å². The van der Waals surface area contributed by atoms with Crippen molar-refractivity contribution in [3.05, 3.63) is 64.7 Å². The van der Waals surface area contributed by atoms with Crippen molar-refractivity contribution in [1.29, 1.82) is 0 Å². The fourth-order valence-corrected chi connectivity index (χ4v) is 6.50. The first-order valence-electron chi connectivity index (χ1n) is 9.26. The quantitative estimate of drug-likeness (QED) is 0.670. The molecule has 0 N–H and O–H groups in total. The molecule has 7 heteroatoms. The molecule has 0 heterocycles. The largest absolute Gasteiger partial charge is 0.309 e. The van der Waals surface area contributed by atoms with Crippen molar-refractivity contribution in [2.75, 3.05) is 20.6 Å². The molecule has 0 amide bonds. The molecule has 0 bridgehead atoms. The summed E-state index contributed by atoms with van der Waals surface area (Å²) < 4.78 is 54.6. The number of sulfone groups is 1. The van der Waals surface area contributed by atoms with E-state index in [1.165, 1.54) is 24.3 Å². The predicted molar refractivity (Wildman–Crippen MR) is 107 cm³/mol. The minimum absolute atomic E-state index is 0.0756. The van der Waals surface area contributed by atoms with E-state index in [9.17, 15) is 17.2 Å². The van der Waals surface area contributed by atoms with Crippen LogP contribution in [-0.4, -0.2) is 34.0 Å². The summed E-state index contributed by atoms with van der Waals surface area (Å²) >= 11 is 5.90. The molecule has 1 aliphatic carbocycles. The van der Waals surface area contributed by atoms with Gasteiger partial charge in [0, 0.05) is 17.1 Å². The summed E-state index contributed by atoms with van der Waals surface area (Å²) in [6.07, 6.45) is 1.75. The second kappa shape index (κ2) is 8.09. The minimum Gasteiger partial charge on any atom is -0.309 e. The van der Waals surface area contributed by atoms with Crippen LogP contribution in [0.25, 0.3) is 0 Å². The van der Waals surface area contributed by atoms with Crippen LogP contribution in [-0.2, 0) is 14.6 Å². The maximum absolute atomic E-state index is 14.8. The van der Waals surface area contributed by atoms with Gasteiger partial charge >= 0.3 is 0 Å². The Labute approximate surface area is 170 Å². The molecule has 3 rings (SSSR count). The third kappa shape index (κ3) is 3.95. The van der Waals surface area contributed by atoms with Crippen molar-refractivity contribution in [3.8, 4) is 0 Å². The fraction of sp³-hybridized carbons (Fsp3) is 0.429. The van der Waals surface area contributed by atoms with Gasteiger partial charge in [0.05, 0.1) is 4.90 Å². The van der Waals surface area contributed by atoms with Crippen LogP contribution >= 0.6 is 11.6 Å². The Kier molecular flexibility index (Phi) is 6.13. The maximum atomic E-state index is 14.8. The number of hydrogen-bond donors (Lipinski definition) is 0. The van der Waals surface area contributed by atoms with Crippen LogP contribution in [0.5, 0.6) is 0 Å². The van der Waals surface area contributed by atoms with Crippen LogP contribution < -0.4 is 0 Å². The van der Waals surface area contributed by atoms with Gasteiger partial charge in [0.15, 0.2) is 9.84 Å². The second-order valence-corrected chi connectivity index (χ2v) is 10.5. The Balaban J connectivity index is 2.10. The highest BCUT2D eigenvalue weighted by Gasteiger charge is 2.50.